The van der Waals surface area contributed by atoms with E-state index in [9.17, 15) is 28.4 Å². The Balaban J connectivity index is 1.24. The van der Waals surface area contributed by atoms with Crippen LogP contribution in [-0.2, 0) is 14.3 Å². The van der Waals surface area contributed by atoms with Crippen LogP contribution >= 0.6 is 0 Å². The number of carbonyl (C=O) groups excluding carboxylic acids is 3. The molecular weight excluding hydrogens is 556 g/mol. The Morgan fingerprint density at radius 2 is 1.63 bits per heavy atom. The maximum atomic E-state index is 14.0. The third-order valence-electron chi connectivity index (χ3n) is 8.88. The van der Waals surface area contributed by atoms with Gasteiger partial charge in [0.05, 0.1) is 18.2 Å². The Labute approximate surface area is 249 Å². The Hall–Kier alpha value is -4.04. The summed E-state index contributed by atoms with van der Waals surface area (Å²) < 4.78 is 33.0. The molecule has 6 rings (SSSR count). The second-order valence-electron chi connectivity index (χ2n) is 13.0. The SMILES string of the molecule is CC(C)(C)OC(=O)N[C@@H](CN1C[C@H]2C[C@@H]1C(=O)N2C(c1ccc(F)cc1)c1ccc(F)cc1)C(=O)N1[C@H](C#N)C[C@@H]2C[C@@H]21. The summed E-state index contributed by atoms with van der Waals surface area (Å²) in [6.07, 6.45) is 1.25. The topological polar surface area (TPSA) is 106 Å². The summed E-state index contributed by atoms with van der Waals surface area (Å²) in [4.78, 5) is 45.9. The number of nitriles is 1. The van der Waals surface area contributed by atoms with E-state index in [-0.39, 0.29) is 30.4 Å². The zero-order valence-electron chi connectivity index (χ0n) is 24.4. The summed E-state index contributed by atoms with van der Waals surface area (Å²) in [5.41, 5.74) is 0.632. The third kappa shape index (κ3) is 5.68. The highest BCUT2D eigenvalue weighted by molar-refractivity contribution is 5.89. The van der Waals surface area contributed by atoms with Crippen LogP contribution in [-0.4, -0.2) is 81.5 Å². The summed E-state index contributed by atoms with van der Waals surface area (Å²) >= 11 is 0. The van der Waals surface area contributed by atoms with Crippen LogP contribution in [0, 0.1) is 28.9 Å². The van der Waals surface area contributed by atoms with Gasteiger partial charge in [0.2, 0.25) is 11.8 Å². The van der Waals surface area contributed by atoms with Crippen LogP contribution in [0.25, 0.3) is 0 Å². The van der Waals surface area contributed by atoms with Crippen LogP contribution < -0.4 is 5.32 Å². The molecule has 0 unspecified atom stereocenters. The molecule has 1 N–H and O–H groups in total. The number of piperazine rings is 1. The van der Waals surface area contributed by atoms with Crippen LogP contribution in [0.3, 0.4) is 0 Å². The van der Waals surface area contributed by atoms with Gasteiger partial charge in [-0.25, -0.2) is 13.6 Å². The molecule has 2 bridgehead atoms. The highest BCUT2D eigenvalue weighted by Gasteiger charge is 2.57. The van der Waals surface area contributed by atoms with Crippen molar-refractivity contribution in [1.29, 1.82) is 5.26 Å². The molecule has 1 aliphatic carbocycles. The van der Waals surface area contributed by atoms with Crippen LogP contribution in [0.15, 0.2) is 48.5 Å². The molecule has 3 saturated heterocycles. The van der Waals surface area contributed by atoms with E-state index in [0.29, 0.717) is 36.4 Å². The molecule has 2 aromatic rings. The van der Waals surface area contributed by atoms with E-state index in [0.717, 1.165) is 6.42 Å². The number of rotatable bonds is 7. The maximum Gasteiger partial charge on any atom is 0.408 e. The monoisotopic (exact) mass is 591 g/mol. The minimum absolute atomic E-state index is 0.000541. The quantitative estimate of drug-likeness (QED) is 0.526. The molecule has 0 radical (unpaired) electrons. The number of nitrogens with zero attached hydrogens (tertiary/aromatic N) is 4. The summed E-state index contributed by atoms with van der Waals surface area (Å²) in [5.74, 6) is -0.987. The number of likely N-dealkylation sites (tertiary alicyclic amines) is 3. The Morgan fingerprint density at radius 1 is 1.02 bits per heavy atom. The van der Waals surface area contributed by atoms with Crippen molar-refractivity contribution in [3.63, 3.8) is 0 Å². The van der Waals surface area contributed by atoms with Crippen LogP contribution in [0.1, 0.15) is 57.2 Å². The zero-order valence-corrected chi connectivity index (χ0v) is 24.4. The van der Waals surface area contributed by atoms with Crippen molar-refractivity contribution in [3.05, 3.63) is 71.3 Å². The van der Waals surface area contributed by atoms with Crippen LogP contribution in [0.2, 0.25) is 0 Å². The number of fused-ring (bicyclic) bond motifs is 3. The number of halogens is 2. The summed E-state index contributed by atoms with van der Waals surface area (Å²) in [6.45, 7) is 5.73. The fourth-order valence-electron chi connectivity index (χ4n) is 6.97. The maximum absolute atomic E-state index is 14.0. The number of hydrogen-bond donors (Lipinski definition) is 1. The van der Waals surface area contributed by atoms with Gasteiger partial charge >= 0.3 is 6.09 Å². The molecule has 2 aromatic carbocycles. The molecule has 3 aliphatic heterocycles. The largest absolute Gasteiger partial charge is 0.444 e. The standard InChI is InChI=1S/C32H35F2N5O4/c1-32(2,3)43-31(42)36-25(29(40)38-23(15-35)12-20-13-26(20)38)17-37-16-24-14-27(37)30(41)39(24)28(18-4-8-21(33)9-5-18)19-6-10-22(34)11-7-19/h4-11,20,23-28H,12-14,16-17H2,1-3H3,(H,36,42)/t20-,23+,24-,25+,26+,27-/m1/s1. The van der Waals surface area contributed by atoms with Gasteiger partial charge in [-0.05, 0) is 81.3 Å². The van der Waals surface area contributed by atoms with Crippen molar-refractivity contribution in [3.8, 4) is 6.07 Å². The first kappa shape index (κ1) is 29.1. The van der Waals surface area contributed by atoms with Gasteiger partial charge in [-0.15, -0.1) is 0 Å². The van der Waals surface area contributed by atoms with Crippen molar-refractivity contribution in [2.45, 2.75) is 81.9 Å². The summed E-state index contributed by atoms with van der Waals surface area (Å²) in [7, 11) is 0. The summed E-state index contributed by atoms with van der Waals surface area (Å²) in [6, 6.07) is 11.3. The predicted molar refractivity (Wildman–Crippen MR) is 151 cm³/mol. The number of carbonyl (C=O) groups is 3. The van der Waals surface area contributed by atoms with E-state index in [1.807, 2.05) is 4.90 Å². The van der Waals surface area contributed by atoms with Crippen molar-refractivity contribution in [2.24, 2.45) is 5.92 Å². The van der Waals surface area contributed by atoms with E-state index >= 15 is 0 Å². The normalized spacial score (nSPS) is 26.8. The van der Waals surface area contributed by atoms with E-state index in [1.54, 1.807) is 54.8 Å². The second kappa shape index (κ2) is 10.9. The number of ether oxygens (including phenoxy) is 1. The van der Waals surface area contributed by atoms with Gasteiger partial charge < -0.3 is 19.9 Å². The van der Waals surface area contributed by atoms with Gasteiger partial charge in [0.15, 0.2) is 0 Å². The van der Waals surface area contributed by atoms with Crippen molar-refractivity contribution < 1.29 is 27.9 Å². The zero-order chi connectivity index (χ0) is 30.6. The molecular formula is C32H35F2N5O4. The van der Waals surface area contributed by atoms with Gasteiger partial charge in [0.25, 0.3) is 0 Å². The molecule has 4 fully saturated rings. The lowest BCUT2D eigenvalue weighted by atomic mass is 9.95. The Morgan fingerprint density at radius 3 is 2.16 bits per heavy atom. The lowest BCUT2D eigenvalue weighted by Gasteiger charge is -2.40. The van der Waals surface area contributed by atoms with Crippen LogP contribution in [0.4, 0.5) is 13.6 Å². The van der Waals surface area contributed by atoms with Crippen LogP contribution in [0.5, 0.6) is 0 Å². The average Bonchev–Trinajstić information content (AvgIpc) is 3.27. The number of hydrogen-bond acceptors (Lipinski definition) is 6. The van der Waals surface area contributed by atoms with E-state index in [1.165, 1.54) is 24.3 Å². The molecule has 3 heterocycles. The first-order chi connectivity index (χ1) is 20.4. The second-order valence-corrected chi connectivity index (χ2v) is 13.0. The lowest BCUT2D eigenvalue weighted by Crippen LogP contribution is -2.59. The Bertz CT molecular complexity index is 1410. The lowest BCUT2D eigenvalue weighted by molar-refractivity contribution is -0.141. The van der Waals surface area contributed by atoms with Gasteiger partial charge in [-0.1, -0.05) is 24.3 Å². The first-order valence-corrected chi connectivity index (χ1v) is 14.7. The molecule has 11 heteroatoms. The van der Waals surface area contributed by atoms with E-state index in [2.05, 4.69) is 11.4 Å². The van der Waals surface area contributed by atoms with Crippen molar-refractivity contribution in [1.82, 2.24) is 20.0 Å². The number of benzene rings is 2. The van der Waals surface area contributed by atoms with Gasteiger partial charge in [-0.2, -0.15) is 5.26 Å². The molecule has 226 valence electrons. The van der Waals surface area contributed by atoms with E-state index < -0.39 is 47.5 Å². The number of alkyl carbamates (subject to hydrolysis) is 1. The predicted octanol–water partition coefficient (Wildman–Crippen LogP) is 3.75. The average molecular weight is 592 g/mol. The van der Waals surface area contributed by atoms with Gasteiger partial charge in [-0.3, -0.25) is 14.5 Å². The van der Waals surface area contributed by atoms with Gasteiger partial charge in [0, 0.05) is 25.2 Å². The highest BCUT2D eigenvalue weighted by atomic mass is 19.1. The number of nitrogens with one attached hydrogen (secondary N) is 1. The number of piperidine rings is 1. The minimum Gasteiger partial charge on any atom is -0.444 e. The molecule has 6 atom stereocenters. The Kier molecular flexibility index (Phi) is 7.37. The van der Waals surface area contributed by atoms with E-state index in [4.69, 9.17) is 4.74 Å². The fraction of sp³-hybridized carbons (Fsp3) is 0.500. The fourth-order valence-corrected chi connectivity index (χ4v) is 6.97. The van der Waals surface area contributed by atoms with Crippen molar-refractivity contribution >= 4 is 17.9 Å². The first-order valence-electron chi connectivity index (χ1n) is 14.7. The molecule has 0 spiro atoms. The van der Waals surface area contributed by atoms with Gasteiger partial charge in [0.1, 0.15) is 29.3 Å². The molecule has 0 aromatic heterocycles. The molecule has 9 nitrogen and oxygen atoms in total. The highest BCUT2D eigenvalue weighted by Crippen LogP contribution is 2.48. The minimum atomic E-state index is -1.00. The molecule has 43 heavy (non-hydrogen) atoms. The molecule has 3 amide bonds. The smallest absolute Gasteiger partial charge is 0.408 e. The number of amides is 3. The summed E-state index contributed by atoms with van der Waals surface area (Å²) in [5, 5.41) is 12.4. The molecule has 4 aliphatic rings. The third-order valence-corrected chi connectivity index (χ3v) is 8.88. The van der Waals surface area contributed by atoms with Crippen molar-refractivity contribution in [2.75, 3.05) is 13.1 Å². The molecule has 1 saturated carbocycles.